The molecule has 0 radical (unpaired) electrons. The number of aliphatic hydroxyl groups excluding tert-OH is 2. The molecule has 4 aliphatic carbocycles. The minimum Gasteiger partial charge on any atom is -0.508 e. The lowest BCUT2D eigenvalue weighted by Crippen LogP contribution is -2.43. The van der Waals surface area contributed by atoms with Crippen LogP contribution in [0, 0.1) is 11.8 Å². The van der Waals surface area contributed by atoms with Crippen LogP contribution in [0.15, 0.2) is 91.9 Å². The van der Waals surface area contributed by atoms with Crippen molar-refractivity contribution in [3.8, 4) is 0 Å². The highest BCUT2D eigenvalue weighted by atomic mass is 35.5. The van der Waals surface area contributed by atoms with Gasteiger partial charge in [-0.15, -0.1) is 0 Å². The fourth-order valence-electron chi connectivity index (χ4n) is 5.65. The molecule has 11 nitrogen and oxygen atoms in total. The van der Waals surface area contributed by atoms with Crippen molar-refractivity contribution in [2.45, 2.75) is 63.3 Å². The number of nitrogens with two attached hydrogens (primary N) is 1. The van der Waals surface area contributed by atoms with Crippen molar-refractivity contribution in [1.29, 1.82) is 0 Å². The second-order valence-electron chi connectivity index (χ2n) is 11.9. The van der Waals surface area contributed by atoms with Gasteiger partial charge >= 0.3 is 5.97 Å². The highest BCUT2D eigenvalue weighted by Gasteiger charge is 2.30. The van der Waals surface area contributed by atoms with Gasteiger partial charge in [0.15, 0.2) is 0 Å². The molecule has 0 aromatic carbocycles. The SMILES string of the molecule is NCCCOC1C=C(Cl)C(C(=O)NC2=CCC(C[C@H](NC(=O)C3=CCC(C(O)NCC4=CC(O)=CCC4)C=C3Cl)C(=O)O)C=C2)=C(Cl)C1. The van der Waals surface area contributed by atoms with Gasteiger partial charge in [-0.3, -0.25) is 14.9 Å². The van der Waals surface area contributed by atoms with Crippen LogP contribution in [0.2, 0.25) is 0 Å². The zero-order chi connectivity index (χ0) is 34.8. The average molecular weight is 724 g/mol. The number of rotatable bonds is 15. The van der Waals surface area contributed by atoms with Gasteiger partial charge in [-0.1, -0.05) is 64.7 Å². The molecule has 0 heterocycles. The minimum atomic E-state index is -1.20. The van der Waals surface area contributed by atoms with E-state index < -0.39 is 36.0 Å². The first-order valence-electron chi connectivity index (χ1n) is 15.8. The van der Waals surface area contributed by atoms with Crippen molar-refractivity contribution < 1.29 is 34.4 Å². The van der Waals surface area contributed by atoms with Crippen LogP contribution in [-0.4, -0.2) is 71.2 Å². The molecule has 5 atom stereocenters. The molecule has 0 fully saturated rings. The number of ether oxygens (including phenoxy) is 1. The summed E-state index contributed by atoms with van der Waals surface area (Å²) in [6, 6.07) is -1.20. The van der Waals surface area contributed by atoms with E-state index >= 15 is 0 Å². The van der Waals surface area contributed by atoms with Crippen LogP contribution >= 0.6 is 34.8 Å². The zero-order valence-electron chi connectivity index (χ0n) is 26.3. The summed E-state index contributed by atoms with van der Waals surface area (Å²) in [6.07, 6.45) is 15.5. The Morgan fingerprint density at radius 2 is 1.85 bits per heavy atom. The number of aliphatic carboxylic acids is 1. The van der Waals surface area contributed by atoms with E-state index in [1.54, 1.807) is 48.6 Å². The number of carboxylic acid groups (broad SMARTS) is 1. The Labute approximate surface area is 294 Å². The lowest BCUT2D eigenvalue weighted by atomic mass is 9.91. The van der Waals surface area contributed by atoms with Crippen molar-refractivity contribution in [1.82, 2.24) is 16.0 Å². The molecule has 0 spiro atoms. The molecular weight excluding hydrogens is 683 g/mol. The molecule has 260 valence electrons. The third kappa shape index (κ3) is 10.7. The summed E-state index contributed by atoms with van der Waals surface area (Å²) in [5.74, 6) is -2.72. The summed E-state index contributed by atoms with van der Waals surface area (Å²) in [6.45, 7) is 1.34. The normalized spacial score (nSPS) is 23.9. The van der Waals surface area contributed by atoms with Crippen LogP contribution in [0.25, 0.3) is 0 Å². The van der Waals surface area contributed by atoms with Crippen molar-refractivity contribution in [2.75, 3.05) is 19.7 Å². The first kappa shape index (κ1) is 37.7. The summed E-state index contributed by atoms with van der Waals surface area (Å²) in [5.41, 5.74) is 7.27. The lowest BCUT2D eigenvalue weighted by molar-refractivity contribution is -0.141. The molecule has 4 rings (SSSR count). The van der Waals surface area contributed by atoms with Crippen LogP contribution in [0.4, 0.5) is 0 Å². The van der Waals surface area contributed by atoms with Gasteiger partial charge in [0.2, 0.25) is 0 Å². The van der Waals surface area contributed by atoms with E-state index in [0.29, 0.717) is 51.1 Å². The number of halogens is 3. The Morgan fingerprint density at radius 1 is 1.06 bits per heavy atom. The molecule has 2 amide bonds. The molecule has 4 unspecified atom stereocenters. The number of hydrogen-bond acceptors (Lipinski definition) is 8. The number of carbonyl (C=O) groups excluding carboxylic acids is 2. The summed E-state index contributed by atoms with van der Waals surface area (Å²) in [5, 5.41) is 39.1. The van der Waals surface area contributed by atoms with Gasteiger partial charge < -0.3 is 36.4 Å². The Bertz CT molecular complexity index is 1510. The Balaban J connectivity index is 1.26. The quantitative estimate of drug-likeness (QED) is 0.0951. The van der Waals surface area contributed by atoms with Gasteiger partial charge in [-0.05, 0) is 75.3 Å². The summed E-state index contributed by atoms with van der Waals surface area (Å²) in [7, 11) is 0. The largest absolute Gasteiger partial charge is 0.508 e. The van der Waals surface area contributed by atoms with Gasteiger partial charge in [0.1, 0.15) is 18.0 Å². The molecule has 0 aromatic heterocycles. The number of amides is 2. The molecule has 48 heavy (non-hydrogen) atoms. The second kappa shape index (κ2) is 18.0. The average Bonchev–Trinajstić information content (AvgIpc) is 3.04. The molecule has 0 saturated carbocycles. The smallest absolute Gasteiger partial charge is 0.326 e. The lowest BCUT2D eigenvalue weighted by Gasteiger charge is -2.26. The molecular formula is C34H41Cl3N4O7. The number of carboxylic acids is 1. The van der Waals surface area contributed by atoms with E-state index in [1.807, 2.05) is 0 Å². The van der Waals surface area contributed by atoms with E-state index in [0.717, 1.165) is 18.4 Å². The van der Waals surface area contributed by atoms with Crippen LogP contribution in [0.1, 0.15) is 44.9 Å². The van der Waals surface area contributed by atoms with Gasteiger partial charge in [-0.25, -0.2) is 4.79 Å². The van der Waals surface area contributed by atoms with Crippen molar-refractivity contribution in [2.24, 2.45) is 17.6 Å². The topological polar surface area (TPSA) is 183 Å². The third-order valence-electron chi connectivity index (χ3n) is 8.29. The Hall–Kier alpha value is -3.16. The van der Waals surface area contributed by atoms with E-state index in [4.69, 9.17) is 45.3 Å². The van der Waals surface area contributed by atoms with Gasteiger partial charge in [0, 0.05) is 41.3 Å². The monoisotopic (exact) mass is 722 g/mol. The predicted molar refractivity (Wildman–Crippen MR) is 185 cm³/mol. The third-order valence-corrected chi connectivity index (χ3v) is 9.28. The molecule has 8 N–H and O–H groups in total. The Morgan fingerprint density at radius 3 is 2.50 bits per heavy atom. The van der Waals surface area contributed by atoms with Gasteiger partial charge in [-0.2, -0.15) is 0 Å². The van der Waals surface area contributed by atoms with E-state index in [1.165, 1.54) is 0 Å². The van der Waals surface area contributed by atoms with Gasteiger partial charge in [0.25, 0.3) is 11.8 Å². The van der Waals surface area contributed by atoms with Crippen LogP contribution in [-0.2, 0) is 19.1 Å². The highest BCUT2D eigenvalue weighted by molar-refractivity contribution is 6.40. The molecule has 4 aliphatic rings. The zero-order valence-corrected chi connectivity index (χ0v) is 28.5. The number of hydrogen-bond donors (Lipinski definition) is 7. The number of allylic oxidation sites excluding steroid dienone is 6. The second-order valence-corrected chi connectivity index (χ2v) is 13.2. The minimum absolute atomic E-state index is 0.104. The summed E-state index contributed by atoms with van der Waals surface area (Å²) in [4.78, 5) is 38.1. The maximum atomic E-state index is 13.1. The molecule has 0 saturated heterocycles. The number of carbonyl (C=O) groups is 3. The number of nitrogens with one attached hydrogen (secondary N) is 3. The summed E-state index contributed by atoms with van der Waals surface area (Å²) >= 11 is 19.2. The van der Waals surface area contributed by atoms with Gasteiger partial charge in [0.05, 0.1) is 22.3 Å². The molecule has 0 aromatic rings. The van der Waals surface area contributed by atoms with Crippen LogP contribution < -0.4 is 21.7 Å². The molecule has 14 heteroatoms. The van der Waals surface area contributed by atoms with E-state index in [2.05, 4.69) is 16.0 Å². The van der Waals surface area contributed by atoms with Crippen molar-refractivity contribution >= 4 is 52.6 Å². The maximum Gasteiger partial charge on any atom is 0.326 e. The molecule has 0 aliphatic heterocycles. The van der Waals surface area contributed by atoms with E-state index in [9.17, 15) is 29.7 Å². The van der Waals surface area contributed by atoms with Crippen LogP contribution in [0.3, 0.4) is 0 Å². The van der Waals surface area contributed by atoms with Crippen molar-refractivity contribution in [3.63, 3.8) is 0 Å². The fourth-order valence-corrected chi connectivity index (χ4v) is 6.70. The summed E-state index contributed by atoms with van der Waals surface area (Å²) < 4.78 is 5.69. The maximum absolute atomic E-state index is 13.1. The number of aliphatic hydroxyl groups is 2. The van der Waals surface area contributed by atoms with Crippen molar-refractivity contribution in [3.05, 3.63) is 91.9 Å². The first-order chi connectivity index (χ1) is 22.9. The van der Waals surface area contributed by atoms with Crippen LogP contribution in [0.5, 0.6) is 0 Å². The first-order valence-corrected chi connectivity index (χ1v) is 17.0. The predicted octanol–water partition coefficient (Wildman–Crippen LogP) is 4.41. The molecule has 0 bridgehead atoms. The Kier molecular flexibility index (Phi) is 14.1. The fraction of sp³-hybridized carbons (Fsp3) is 0.441. The van der Waals surface area contributed by atoms with E-state index in [-0.39, 0.29) is 50.4 Å². The highest BCUT2D eigenvalue weighted by Crippen LogP contribution is 2.33. The standard InChI is InChI=1S/C34H41Cl3N4O7/c35-26-15-21(31(43)39-18-20-3-1-4-23(42)13-20)7-10-25(26)32(44)41-29(34(46)47)14-19-5-8-22(9-6-19)40-33(45)30-27(36)16-24(17-28(30)37)48-12-2-11-38/h4-5,8-10,13,15-16,19,21,24,29,31,39,42-43H,1-3,6-7,11-12,14,17-18,38H2,(H,40,45)(H,41,44)(H,46,47)/t19?,21?,24?,29-,31?/m0/s1.